The van der Waals surface area contributed by atoms with Crippen LogP contribution in [0, 0.1) is 0 Å². The summed E-state index contributed by atoms with van der Waals surface area (Å²) in [6.07, 6.45) is 4.83. The van der Waals surface area contributed by atoms with Crippen molar-refractivity contribution in [2.24, 2.45) is 12.2 Å². The number of nitrogens with zero attached hydrogens (tertiary/aromatic N) is 2. The van der Waals surface area contributed by atoms with Gasteiger partial charge in [-0.05, 0) is 31.7 Å². The highest BCUT2D eigenvalue weighted by Crippen LogP contribution is 2.27. The van der Waals surface area contributed by atoms with Gasteiger partial charge >= 0.3 is 0 Å². The van der Waals surface area contributed by atoms with Crippen LogP contribution in [-0.2, 0) is 17.1 Å². The van der Waals surface area contributed by atoms with Gasteiger partial charge in [-0.15, -0.1) is 0 Å². The Morgan fingerprint density at radius 3 is 2.62 bits per heavy atom. The van der Waals surface area contributed by atoms with Crippen LogP contribution in [0.25, 0.3) is 0 Å². The second kappa shape index (κ2) is 6.17. The number of aryl methyl sites for hydroxylation is 1. The summed E-state index contributed by atoms with van der Waals surface area (Å²) >= 11 is 0. The molecular formula is C13H21N3O4S. The van der Waals surface area contributed by atoms with Gasteiger partial charge in [-0.25, -0.2) is 13.6 Å². The Morgan fingerprint density at radius 2 is 2.19 bits per heavy atom. The number of hydrogen-bond acceptors (Lipinski definition) is 4. The lowest BCUT2D eigenvalue weighted by Gasteiger charge is -2.37. The van der Waals surface area contributed by atoms with Gasteiger partial charge in [0.05, 0.1) is 0 Å². The molecule has 1 aromatic heterocycles. The van der Waals surface area contributed by atoms with Crippen molar-refractivity contribution < 1.29 is 18.3 Å². The number of primary sulfonamides is 1. The van der Waals surface area contributed by atoms with E-state index in [1.165, 1.54) is 16.8 Å². The molecule has 1 amide bonds. The van der Waals surface area contributed by atoms with Crippen LogP contribution in [-0.4, -0.2) is 48.1 Å². The summed E-state index contributed by atoms with van der Waals surface area (Å²) in [5.74, 6) is -0.217. The molecule has 1 saturated carbocycles. The molecule has 0 saturated heterocycles. The van der Waals surface area contributed by atoms with E-state index in [0.29, 0.717) is 18.7 Å². The summed E-state index contributed by atoms with van der Waals surface area (Å²) in [5, 5.41) is 14.1. The minimum atomic E-state index is -3.82. The SMILES string of the molecule is Cn1cc(S(N)(=O)=O)cc1C(=O)N(CCCO)C1CCC1. The van der Waals surface area contributed by atoms with Crippen molar-refractivity contribution in [3.05, 3.63) is 18.0 Å². The average Bonchev–Trinajstić information content (AvgIpc) is 2.73. The Kier molecular flexibility index (Phi) is 4.70. The second-order valence-corrected chi connectivity index (χ2v) is 6.94. The molecule has 0 atom stereocenters. The monoisotopic (exact) mass is 315 g/mol. The van der Waals surface area contributed by atoms with Gasteiger partial charge in [0.1, 0.15) is 10.6 Å². The number of carbonyl (C=O) groups is 1. The van der Waals surface area contributed by atoms with E-state index in [-0.39, 0.29) is 23.5 Å². The van der Waals surface area contributed by atoms with Gasteiger partial charge in [-0.1, -0.05) is 0 Å². The molecule has 1 heterocycles. The average molecular weight is 315 g/mol. The smallest absolute Gasteiger partial charge is 0.270 e. The summed E-state index contributed by atoms with van der Waals surface area (Å²) < 4.78 is 24.2. The van der Waals surface area contributed by atoms with E-state index in [9.17, 15) is 13.2 Å². The fourth-order valence-electron chi connectivity index (χ4n) is 2.44. The summed E-state index contributed by atoms with van der Waals surface area (Å²) in [5.41, 5.74) is 0.295. The molecule has 0 spiro atoms. The van der Waals surface area contributed by atoms with Crippen molar-refractivity contribution in [3.8, 4) is 0 Å². The minimum absolute atomic E-state index is 0.0199. The Balaban J connectivity index is 2.25. The Morgan fingerprint density at radius 1 is 1.52 bits per heavy atom. The molecule has 2 rings (SSSR count). The van der Waals surface area contributed by atoms with Gasteiger partial charge < -0.3 is 14.6 Å². The van der Waals surface area contributed by atoms with Crippen molar-refractivity contribution >= 4 is 15.9 Å². The Hall–Kier alpha value is -1.38. The van der Waals surface area contributed by atoms with Gasteiger partial charge in [-0.3, -0.25) is 4.79 Å². The maximum absolute atomic E-state index is 12.6. The van der Waals surface area contributed by atoms with Crippen LogP contribution in [0.4, 0.5) is 0 Å². The number of amides is 1. The van der Waals surface area contributed by atoms with Crippen LogP contribution in [0.2, 0.25) is 0 Å². The minimum Gasteiger partial charge on any atom is -0.396 e. The maximum atomic E-state index is 12.6. The third kappa shape index (κ3) is 3.45. The Labute approximate surface area is 124 Å². The number of carbonyl (C=O) groups excluding carboxylic acids is 1. The van der Waals surface area contributed by atoms with Crippen LogP contribution < -0.4 is 5.14 Å². The standard InChI is InChI=1S/C13H21N3O4S/c1-15-9-11(21(14,19)20)8-12(15)13(18)16(6-3-7-17)10-4-2-5-10/h8-10,17H,2-7H2,1H3,(H2,14,19,20). The van der Waals surface area contributed by atoms with E-state index >= 15 is 0 Å². The topological polar surface area (TPSA) is 106 Å². The summed E-state index contributed by atoms with van der Waals surface area (Å²) in [7, 11) is -2.21. The lowest BCUT2D eigenvalue weighted by molar-refractivity contribution is 0.0553. The van der Waals surface area contributed by atoms with E-state index in [4.69, 9.17) is 10.2 Å². The largest absolute Gasteiger partial charge is 0.396 e. The lowest BCUT2D eigenvalue weighted by Crippen LogP contribution is -2.45. The molecular weight excluding hydrogens is 294 g/mol. The normalized spacial score (nSPS) is 15.8. The van der Waals surface area contributed by atoms with Crippen LogP contribution >= 0.6 is 0 Å². The molecule has 1 aromatic rings. The number of sulfonamides is 1. The van der Waals surface area contributed by atoms with Crippen molar-refractivity contribution in [2.45, 2.75) is 36.6 Å². The number of rotatable bonds is 6. The molecule has 0 aromatic carbocycles. The number of hydrogen-bond donors (Lipinski definition) is 2. The van der Waals surface area contributed by atoms with Crippen LogP contribution in [0.1, 0.15) is 36.2 Å². The van der Waals surface area contributed by atoms with E-state index in [0.717, 1.165) is 19.3 Å². The zero-order valence-electron chi connectivity index (χ0n) is 12.0. The van der Waals surface area contributed by atoms with Gasteiger partial charge in [0, 0.05) is 32.4 Å². The van der Waals surface area contributed by atoms with E-state index in [1.807, 2.05) is 0 Å². The molecule has 0 bridgehead atoms. The first kappa shape index (κ1) is 16.0. The van der Waals surface area contributed by atoms with Crippen molar-refractivity contribution in [3.63, 3.8) is 0 Å². The molecule has 3 N–H and O–H groups in total. The molecule has 7 nitrogen and oxygen atoms in total. The van der Waals surface area contributed by atoms with Gasteiger partial charge in [0.2, 0.25) is 10.0 Å². The molecule has 8 heteroatoms. The molecule has 1 aliphatic rings. The molecule has 1 fully saturated rings. The lowest BCUT2D eigenvalue weighted by atomic mass is 9.91. The van der Waals surface area contributed by atoms with Crippen LogP contribution in [0.5, 0.6) is 0 Å². The zero-order chi connectivity index (χ0) is 15.6. The predicted molar refractivity (Wildman–Crippen MR) is 77.2 cm³/mol. The van der Waals surface area contributed by atoms with E-state index in [2.05, 4.69) is 0 Å². The zero-order valence-corrected chi connectivity index (χ0v) is 12.8. The molecule has 0 unspecified atom stereocenters. The van der Waals surface area contributed by atoms with E-state index < -0.39 is 10.0 Å². The fourth-order valence-corrected chi connectivity index (χ4v) is 3.02. The van der Waals surface area contributed by atoms with Crippen molar-refractivity contribution in [2.75, 3.05) is 13.2 Å². The third-order valence-corrected chi connectivity index (χ3v) is 4.74. The number of nitrogens with two attached hydrogens (primary N) is 1. The van der Waals surface area contributed by atoms with Crippen molar-refractivity contribution in [1.82, 2.24) is 9.47 Å². The highest BCUT2D eigenvalue weighted by Gasteiger charge is 2.30. The van der Waals surface area contributed by atoms with E-state index in [1.54, 1.807) is 11.9 Å². The summed E-state index contributed by atoms with van der Waals surface area (Å²) in [4.78, 5) is 14.3. The molecule has 0 aliphatic heterocycles. The number of aromatic nitrogens is 1. The molecule has 21 heavy (non-hydrogen) atoms. The molecule has 0 radical (unpaired) electrons. The fraction of sp³-hybridized carbons (Fsp3) is 0.615. The highest BCUT2D eigenvalue weighted by molar-refractivity contribution is 7.89. The first-order valence-corrected chi connectivity index (χ1v) is 8.50. The first-order valence-electron chi connectivity index (χ1n) is 6.95. The van der Waals surface area contributed by atoms with Crippen LogP contribution in [0.3, 0.4) is 0 Å². The third-order valence-electron chi connectivity index (χ3n) is 3.86. The number of aliphatic hydroxyl groups excluding tert-OH is 1. The summed E-state index contributed by atoms with van der Waals surface area (Å²) in [6.45, 7) is 0.488. The van der Waals surface area contributed by atoms with Crippen molar-refractivity contribution in [1.29, 1.82) is 0 Å². The van der Waals surface area contributed by atoms with Gasteiger partial charge in [0.25, 0.3) is 5.91 Å². The van der Waals surface area contributed by atoms with Gasteiger partial charge in [-0.2, -0.15) is 0 Å². The summed E-state index contributed by atoms with van der Waals surface area (Å²) in [6, 6.07) is 1.49. The molecule has 118 valence electrons. The van der Waals surface area contributed by atoms with Gasteiger partial charge in [0.15, 0.2) is 0 Å². The Bertz CT molecular complexity index is 619. The second-order valence-electron chi connectivity index (χ2n) is 5.38. The molecule has 1 aliphatic carbocycles. The predicted octanol–water partition coefficient (Wildman–Crippen LogP) is 0.0496. The maximum Gasteiger partial charge on any atom is 0.270 e. The first-order chi connectivity index (χ1) is 9.84. The highest BCUT2D eigenvalue weighted by atomic mass is 32.2. The number of aliphatic hydroxyl groups is 1. The quantitative estimate of drug-likeness (QED) is 0.773. The van der Waals surface area contributed by atoms with Crippen LogP contribution in [0.15, 0.2) is 17.2 Å².